The van der Waals surface area contributed by atoms with Crippen LogP contribution in [0.3, 0.4) is 0 Å². The Morgan fingerprint density at radius 2 is 1.95 bits per heavy atom. The molecule has 1 N–H and O–H groups in total. The Balaban J connectivity index is 2.03. The molecule has 0 radical (unpaired) electrons. The number of pyridine rings is 1. The quantitative estimate of drug-likeness (QED) is 0.788. The number of hydrogen-bond acceptors (Lipinski definition) is 2. The number of benzene rings is 1. The van der Waals surface area contributed by atoms with E-state index < -0.39 is 0 Å². The summed E-state index contributed by atoms with van der Waals surface area (Å²) < 4.78 is 0. The van der Waals surface area contributed by atoms with Gasteiger partial charge in [0.1, 0.15) is 0 Å². The molecule has 1 aromatic carbocycles. The minimum Gasteiger partial charge on any atom is -0.348 e. The van der Waals surface area contributed by atoms with E-state index in [4.69, 9.17) is 0 Å². The molecule has 0 aliphatic carbocycles. The van der Waals surface area contributed by atoms with Crippen molar-refractivity contribution < 1.29 is 0 Å². The Morgan fingerprint density at radius 1 is 1.05 bits per heavy atom. The van der Waals surface area contributed by atoms with E-state index in [2.05, 4.69) is 53.1 Å². The van der Waals surface area contributed by atoms with Gasteiger partial charge >= 0.3 is 0 Å². The Labute approximate surface area is 125 Å². The SMILES string of the molecule is Cc1cccc([C@H](Cc2cccnc2)c2cnc[nH]2)c1C. The van der Waals surface area contributed by atoms with Gasteiger partial charge in [0.15, 0.2) is 0 Å². The summed E-state index contributed by atoms with van der Waals surface area (Å²) >= 11 is 0. The highest BCUT2D eigenvalue weighted by atomic mass is 14.9. The van der Waals surface area contributed by atoms with Crippen LogP contribution < -0.4 is 0 Å². The number of imidazole rings is 1. The summed E-state index contributed by atoms with van der Waals surface area (Å²) in [5, 5.41) is 0. The Morgan fingerprint density at radius 3 is 2.67 bits per heavy atom. The third kappa shape index (κ3) is 2.87. The van der Waals surface area contributed by atoms with Crippen LogP contribution in [-0.4, -0.2) is 15.0 Å². The summed E-state index contributed by atoms with van der Waals surface area (Å²) in [6, 6.07) is 10.6. The van der Waals surface area contributed by atoms with Gasteiger partial charge in [-0.2, -0.15) is 0 Å². The molecule has 0 unspecified atom stereocenters. The highest BCUT2D eigenvalue weighted by Gasteiger charge is 2.18. The molecule has 3 aromatic rings. The largest absolute Gasteiger partial charge is 0.348 e. The normalized spacial score (nSPS) is 12.3. The highest BCUT2D eigenvalue weighted by molar-refractivity contribution is 5.40. The lowest BCUT2D eigenvalue weighted by atomic mass is 9.86. The molecule has 21 heavy (non-hydrogen) atoms. The molecular weight excluding hydrogens is 258 g/mol. The summed E-state index contributed by atoms with van der Waals surface area (Å²) in [5.41, 5.74) is 6.40. The molecule has 106 valence electrons. The van der Waals surface area contributed by atoms with E-state index in [1.165, 1.54) is 22.3 Å². The van der Waals surface area contributed by atoms with E-state index >= 15 is 0 Å². The van der Waals surface area contributed by atoms with Crippen LogP contribution in [0.15, 0.2) is 55.2 Å². The Bertz CT molecular complexity index is 703. The lowest BCUT2D eigenvalue weighted by Gasteiger charge is -2.19. The zero-order chi connectivity index (χ0) is 14.7. The second kappa shape index (κ2) is 5.92. The third-order valence-corrected chi connectivity index (χ3v) is 4.08. The molecule has 3 rings (SSSR count). The number of nitrogens with zero attached hydrogens (tertiary/aromatic N) is 2. The maximum absolute atomic E-state index is 4.23. The van der Waals surface area contributed by atoms with E-state index in [1.54, 1.807) is 6.33 Å². The van der Waals surface area contributed by atoms with Gasteiger partial charge in [-0.05, 0) is 48.6 Å². The monoisotopic (exact) mass is 277 g/mol. The van der Waals surface area contributed by atoms with E-state index in [0.717, 1.165) is 12.1 Å². The van der Waals surface area contributed by atoms with Gasteiger partial charge in [0, 0.05) is 30.2 Å². The first kappa shape index (κ1) is 13.6. The molecule has 2 heterocycles. The molecule has 0 aliphatic rings. The van der Waals surface area contributed by atoms with Crippen molar-refractivity contribution in [2.24, 2.45) is 0 Å². The minimum absolute atomic E-state index is 0.275. The molecule has 0 saturated heterocycles. The number of aromatic nitrogens is 3. The van der Waals surface area contributed by atoms with Crippen LogP contribution in [0.25, 0.3) is 0 Å². The zero-order valence-electron chi connectivity index (χ0n) is 12.4. The van der Waals surface area contributed by atoms with E-state index in [-0.39, 0.29) is 5.92 Å². The zero-order valence-corrected chi connectivity index (χ0v) is 12.4. The molecule has 0 bridgehead atoms. The van der Waals surface area contributed by atoms with Crippen LogP contribution in [0.1, 0.15) is 33.9 Å². The van der Waals surface area contributed by atoms with Gasteiger partial charge in [0.2, 0.25) is 0 Å². The first-order valence-electron chi connectivity index (χ1n) is 7.19. The number of rotatable bonds is 4. The van der Waals surface area contributed by atoms with Crippen LogP contribution in [0.4, 0.5) is 0 Å². The summed E-state index contributed by atoms with van der Waals surface area (Å²) in [4.78, 5) is 11.7. The maximum Gasteiger partial charge on any atom is 0.0921 e. The van der Waals surface area contributed by atoms with Gasteiger partial charge in [0.05, 0.1) is 6.33 Å². The molecule has 0 aliphatic heterocycles. The first-order chi connectivity index (χ1) is 10.3. The van der Waals surface area contributed by atoms with Crippen molar-refractivity contribution in [3.05, 3.63) is 83.2 Å². The first-order valence-corrected chi connectivity index (χ1v) is 7.19. The predicted octanol–water partition coefficient (Wildman–Crippen LogP) is 3.80. The van der Waals surface area contributed by atoms with Gasteiger partial charge in [-0.1, -0.05) is 24.3 Å². The van der Waals surface area contributed by atoms with Gasteiger partial charge < -0.3 is 4.98 Å². The van der Waals surface area contributed by atoms with Crippen molar-refractivity contribution in [3.63, 3.8) is 0 Å². The molecule has 2 aromatic heterocycles. The number of nitrogens with one attached hydrogen (secondary N) is 1. The van der Waals surface area contributed by atoms with Crippen molar-refractivity contribution >= 4 is 0 Å². The van der Waals surface area contributed by atoms with Gasteiger partial charge in [-0.25, -0.2) is 4.98 Å². The van der Waals surface area contributed by atoms with E-state index in [9.17, 15) is 0 Å². The summed E-state index contributed by atoms with van der Waals surface area (Å²) in [5.74, 6) is 0.275. The fraction of sp³-hybridized carbons (Fsp3) is 0.222. The molecule has 0 spiro atoms. The summed E-state index contributed by atoms with van der Waals surface area (Å²) in [6.45, 7) is 4.35. The number of H-pyrrole nitrogens is 1. The minimum atomic E-state index is 0.275. The molecule has 0 amide bonds. The second-order valence-electron chi connectivity index (χ2n) is 5.41. The standard InChI is InChI=1S/C18H19N3/c1-13-5-3-7-16(14(13)2)17(18-11-20-12-21-18)9-15-6-4-8-19-10-15/h3-8,10-12,17H,9H2,1-2H3,(H,20,21)/t17-/m0/s1. The van der Waals surface area contributed by atoms with Crippen molar-refractivity contribution in [1.82, 2.24) is 15.0 Å². The molecule has 1 atom stereocenters. The van der Waals surface area contributed by atoms with Gasteiger partial charge in [0.25, 0.3) is 0 Å². The number of aromatic amines is 1. The fourth-order valence-electron chi connectivity index (χ4n) is 2.75. The fourth-order valence-corrected chi connectivity index (χ4v) is 2.75. The van der Waals surface area contributed by atoms with E-state index in [0.29, 0.717) is 0 Å². The van der Waals surface area contributed by atoms with Gasteiger partial charge in [-0.3, -0.25) is 4.98 Å². The summed E-state index contributed by atoms with van der Waals surface area (Å²) in [6.07, 6.45) is 8.33. The second-order valence-corrected chi connectivity index (χ2v) is 5.41. The smallest absolute Gasteiger partial charge is 0.0921 e. The van der Waals surface area contributed by atoms with E-state index in [1.807, 2.05) is 24.7 Å². The third-order valence-electron chi connectivity index (χ3n) is 4.08. The van der Waals surface area contributed by atoms with Crippen LogP contribution in [-0.2, 0) is 6.42 Å². The van der Waals surface area contributed by atoms with Crippen molar-refractivity contribution in [2.45, 2.75) is 26.2 Å². The average molecular weight is 277 g/mol. The number of hydrogen-bond donors (Lipinski definition) is 1. The topological polar surface area (TPSA) is 41.6 Å². The number of aryl methyl sites for hydroxylation is 1. The van der Waals surface area contributed by atoms with Crippen LogP contribution in [0, 0.1) is 13.8 Å². The highest BCUT2D eigenvalue weighted by Crippen LogP contribution is 2.30. The molecular formula is C18H19N3. The van der Waals surface area contributed by atoms with Crippen LogP contribution in [0.2, 0.25) is 0 Å². The lowest BCUT2D eigenvalue weighted by Crippen LogP contribution is -2.08. The Hall–Kier alpha value is -2.42. The lowest BCUT2D eigenvalue weighted by molar-refractivity contribution is 0.770. The predicted molar refractivity (Wildman–Crippen MR) is 84.3 cm³/mol. The van der Waals surface area contributed by atoms with Crippen LogP contribution in [0.5, 0.6) is 0 Å². The molecule has 3 nitrogen and oxygen atoms in total. The van der Waals surface area contributed by atoms with Crippen molar-refractivity contribution in [2.75, 3.05) is 0 Å². The summed E-state index contributed by atoms with van der Waals surface area (Å²) in [7, 11) is 0. The molecule has 0 fully saturated rings. The molecule has 3 heteroatoms. The average Bonchev–Trinajstić information content (AvgIpc) is 3.03. The van der Waals surface area contributed by atoms with Gasteiger partial charge in [-0.15, -0.1) is 0 Å². The maximum atomic E-state index is 4.23. The molecule has 0 saturated carbocycles. The van der Waals surface area contributed by atoms with Crippen LogP contribution >= 0.6 is 0 Å². The van der Waals surface area contributed by atoms with Crippen molar-refractivity contribution in [1.29, 1.82) is 0 Å². The Kier molecular flexibility index (Phi) is 3.82. The van der Waals surface area contributed by atoms with Crippen molar-refractivity contribution in [3.8, 4) is 0 Å².